The van der Waals surface area contributed by atoms with Gasteiger partial charge in [-0.1, -0.05) is 42.5 Å². The highest BCUT2D eigenvalue weighted by molar-refractivity contribution is 5.83. The first-order chi connectivity index (χ1) is 16.2. The summed E-state index contributed by atoms with van der Waals surface area (Å²) >= 11 is 0. The van der Waals surface area contributed by atoms with Crippen molar-refractivity contribution < 1.29 is 14.3 Å². The van der Waals surface area contributed by atoms with E-state index in [-0.39, 0.29) is 12.3 Å². The van der Waals surface area contributed by atoms with Crippen molar-refractivity contribution in [2.24, 2.45) is 5.10 Å². The van der Waals surface area contributed by atoms with E-state index in [2.05, 4.69) is 33.3 Å². The SMILES string of the molecule is COc1ccc(C=NNC(=O)CCc2nc3ccccc3n2Cc2ccccc2)cc1OC. The molecule has 0 aliphatic carbocycles. The number of ether oxygens (including phenoxy) is 2. The number of rotatable bonds is 9. The molecule has 1 aromatic heterocycles. The van der Waals surface area contributed by atoms with Crippen LogP contribution in [0.1, 0.15) is 23.4 Å². The van der Waals surface area contributed by atoms with E-state index in [1.807, 2.05) is 42.5 Å². The largest absolute Gasteiger partial charge is 0.493 e. The van der Waals surface area contributed by atoms with E-state index in [0.29, 0.717) is 24.5 Å². The van der Waals surface area contributed by atoms with Crippen LogP contribution in [0.15, 0.2) is 77.9 Å². The minimum atomic E-state index is -0.176. The summed E-state index contributed by atoms with van der Waals surface area (Å²) in [5.41, 5.74) is 6.55. The highest BCUT2D eigenvalue weighted by Crippen LogP contribution is 2.26. The monoisotopic (exact) mass is 442 g/mol. The van der Waals surface area contributed by atoms with Gasteiger partial charge >= 0.3 is 0 Å². The van der Waals surface area contributed by atoms with Crippen LogP contribution in [-0.4, -0.2) is 35.9 Å². The van der Waals surface area contributed by atoms with E-state index in [4.69, 9.17) is 14.5 Å². The standard InChI is InChI=1S/C26H26N4O3/c1-32-23-13-12-20(16-24(23)33-2)17-27-29-26(31)15-14-25-28-21-10-6-7-11-22(21)30(25)18-19-8-4-3-5-9-19/h3-13,16-17H,14-15,18H2,1-2H3,(H,29,31). The molecule has 1 heterocycles. The minimum Gasteiger partial charge on any atom is -0.493 e. The van der Waals surface area contributed by atoms with Gasteiger partial charge in [0.05, 0.1) is 31.5 Å². The lowest BCUT2D eigenvalue weighted by Crippen LogP contribution is -2.19. The van der Waals surface area contributed by atoms with Crippen molar-refractivity contribution in [3.05, 3.63) is 89.7 Å². The molecule has 0 fully saturated rings. The summed E-state index contributed by atoms with van der Waals surface area (Å²) in [6.07, 6.45) is 2.37. The first-order valence-electron chi connectivity index (χ1n) is 10.7. The highest BCUT2D eigenvalue weighted by Gasteiger charge is 2.12. The number of benzene rings is 3. The average Bonchev–Trinajstić information content (AvgIpc) is 3.20. The van der Waals surface area contributed by atoms with Crippen LogP contribution in [0.2, 0.25) is 0 Å². The number of methoxy groups -OCH3 is 2. The maximum absolute atomic E-state index is 12.4. The molecule has 4 rings (SSSR count). The van der Waals surface area contributed by atoms with E-state index in [0.717, 1.165) is 22.4 Å². The van der Waals surface area contributed by atoms with Crippen molar-refractivity contribution in [3.63, 3.8) is 0 Å². The molecule has 7 heteroatoms. The van der Waals surface area contributed by atoms with Crippen molar-refractivity contribution in [3.8, 4) is 11.5 Å². The van der Waals surface area contributed by atoms with Crippen LogP contribution < -0.4 is 14.9 Å². The molecule has 0 unspecified atom stereocenters. The van der Waals surface area contributed by atoms with Gasteiger partial charge in [0.25, 0.3) is 0 Å². The third kappa shape index (κ3) is 5.38. The second-order valence-electron chi connectivity index (χ2n) is 7.50. The number of carbonyl (C=O) groups excluding carboxylic acids is 1. The molecule has 0 aliphatic heterocycles. The average molecular weight is 443 g/mol. The van der Waals surface area contributed by atoms with Gasteiger partial charge in [-0.3, -0.25) is 4.79 Å². The Balaban J connectivity index is 1.41. The summed E-state index contributed by atoms with van der Waals surface area (Å²) in [4.78, 5) is 17.2. The second kappa shape index (κ2) is 10.5. The van der Waals surface area contributed by atoms with E-state index in [9.17, 15) is 4.79 Å². The molecule has 168 valence electrons. The lowest BCUT2D eigenvalue weighted by Gasteiger charge is -2.09. The quantitative estimate of drug-likeness (QED) is 0.312. The minimum absolute atomic E-state index is 0.176. The molecule has 0 bridgehead atoms. The zero-order valence-corrected chi connectivity index (χ0v) is 18.7. The molecular weight excluding hydrogens is 416 g/mol. The van der Waals surface area contributed by atoms with E-state index < -0.39 is 0 Å². The predicted molar refractivity (Wildman–Crippen MR) is 129 cm³/mol. The van der Waals surface area contributed by atoms with Gasteiger partial charge in [-0.05, 0) is 41.5 Å². The number of carbonyl (C=O) groups is 1. The molecule has 0 saturated heterocycles. The summed E-state index contributed by atoms with van der Waals surface area (Å²) in [6.45, 7) is 0.704. The van der Waals surface area contributed by atoms with Crippen LogP contribution >= 0.6 is 0 Å². The number of aryl methyl sites for hydroxylation is 1. The van der Waals surface area contributed by atoms with Gasteiger partial charge < -0.3 is 14.0 Å². The Hall–Kier alpha value is -4.13. The zero-order chi connectivity index (χ0) is 23.0. The maximum Gasteiger partial charge on any atom is 0.240 e. The second-order valence-corrected chi connectivity index (χ2v) is 7.50. The molecule has 7 nitrogen and oxygen atoms in total. The third-order valence-corrected chi connectivity index (χ3v) is 5.30. The number of aromatic nitrogens is 2. The van der Waals surface area contributed by atoms with Crippen molar-refractivity contribution >= 4 is 23.2 Å². The number of imidazole rings is 1. The first-order valence-corrected chi connectivity index (χ1v) is 10.7. The predicted octanol–water partition coefficient (Wildman–Crippen LogP) is 4.18. The highest BCUT2D eigenvalue weighted by atomic mass is 16.5. The van der Waals surface area contributed by atoms with Crippen LogP contribution in [0.5, 0.6) is 11.5 Å². The molecule has 1 N–H and O–H groups in total. The fourth-order valence-electron chi connectivity index (χ4n) is 3.65. The van der Waals surface area contributed by atoms with Crippen LogP contribution in [-0.2, 0) is 17.8 Å². The number of hydrogen-bond donors (Lipinski definition) is 1. The first kappa shape index (κ1) is 22.1. The van der Waals surface area contributed by atoms with E-state index >= 15 is 0 Å². The Morgan fingerprint density at radius 1 is 1.00 bits per heavy atom. The molecule has 33 heavy (non-hydrogen) atoms. The van der Waals surface area contributed by atoms with Gasteiger partial charge in [0.2, 0.25) is 5.91 Å². The zero-order valence-electron chi connectivity index (χ0n) is 18.7. The number of hydrogen-bond acceptors (Lipinski definition) is 5. The van der Waals surface area contributed by atoms with E-state index in [1.165, 1.54) is 5.56 Å². The maximum atomic E-state index is 12.4. The van der Waals surface area contributed by atoms with Gasteiger partial charge in [-0.2, -0.15) is 5.10 Å². The summed E-state index contributed by atoms with van der Waals surface area (Å²) in [7, 11) is 3.16. The van der Waals surface area contributed by atoms with Gasteiger partial charge in [-0.15, -0.1) is 0 Å². The smallest absolute Gasteiger partial charge is 0.240 e. The fraction of sp³-hybridized carbons (Fsp3) is 0.192. The molecule has 3 aromatic carbocycles. The molecule has 0 aliphatic rings. The molecule has 0 radical (unpaired) electrons. The van der Waals surface area contributed by atoms with Crippen molar-refractivity contribution in [2.75, 3.05) is 14.2 Å². The molecular formula is C26H26N4O3. The van der Waals surface area contributed by atoms with Crippen molar-refractivity contribution in [1.82, 2.24) is 15.0 Å². The topological polar surface area (TPSA) is 77.7 Å². The fourth-order valence-corrected chi connectivity index (χ4v) is 3.65. The summed E-state index contributed by atoms with van der Waals surface area (Å²) in [5.74, 6) is 1.94. The van der Waals surface area contributed by atoms with E-state index in [1.54, 1.807) is 32.6 Å². The number of para-hydroxylation sites is 2. The Bertz CT molecular complexity index is 1270. The van der Waals surface area contributed by atoms with Crippen LogP contribution in [0.3, 0.4) is 0 Å². The lowest BCUT2D eigenvalue weighted by atomic mass is 10.2. The summed E-state index contributed by atoms with van der Waals surface area (Å²) in [6, 6.07) is 23.7. The van der Waals surface area contributed by atoms with Gasteiger partial charge in [-0.25, -0.2) is 10.4 Å². The van der Waals surface area contributed by atoms with Crippen LogP contribution in [0.4, 0.5) is 0 Å². The van der Waals surface area contributed by atoms with Gasteiger partial charge in [0.1, 0.15) is 5.82 Å². The molecule has 4 aromatic rings. The van der Waals surface area contributed by atoms with Gasteiger partial charge in [0, 0.05) is 19.4 Å². The Morgan fingerprint density at radius 2 is 1.76 bits per heavy atom. The number of amides is 1. The number of hydrazone groups is 1. The van der Waals surface area contributed by atoms with Gasteiger partial charge in [0.15, 0.2) is 11.5 Å². The van der Waals surface area contributed by atoms with Crippen LogP contribution in [0.25, 0.3) is 11.0 Å². The van der Waals surface area contributed by atoms with Crippen molar-refractivity contribution in [1.29, 1.82) is 0 Å². The summed E-state index contributed by atoms with van der Waals surface area (Å²) < 4.78 is 12.7. The molecule has 1 amide bonds. The third-order valence-electron chi connectivity index (χ3n) is 5.30. The molecule has 0 atom stereocenters. The Labute approximate surface area is 192 Å². The number of nitrogens with zero attached hydrogens (tertiary/aromatic N) is 3. The Morgan fingerprint density at radius 3 is 2.55 bits per heavy atom. The molecule has 0 saturated carbocycles. The lowest BCUT2D eigenvalue weighted by molar-refractivity contribution is -0.121. The number of fused-ring (bicyclic) bond motifs is 1. The Kier molecular flexibility index (Phi) is 6.99. The van der Waals surface area contributed by atoms with Crippen molar-refractivity contribution in [2.45, 2.75) is 19.4 Å². The normalized spacial score (nSPS) is 11.1. The number of nitrogens with one attached hydrogen (secondary N) is 1. The molecule has 0 spiro atoms. The summed E-state index contributed by atoms with van der Waals surface area (Å²) in [5, 5.41) is 4.07. The van der Waals surface area contributed by atoms with Crippen LogP contribution in [0, 0.1) is 0 Å².